The van der Waals surface area contributed by atoms with Gasteiger partial charge in [-0.05, 0) is 30.3 Å². The van der Waals surface area contributed by atoms with Crippen LogP contribution in [0.4, 0.5) is 0 Å². The van der Waals surface area contributed by atoms with Gasteiger partial charge >= 0.3 is 7.12 Å². The van der Waals surface area contributed by atoms with E-state index < -0.39 is 7.12 Å². The highest BCUT2D eigenvalue weighted by Gasteiger charge is 2.18. The Kier molecular flexibility index (Phi) is 3.10. The Hall–Kier alpha value is -1.33. The molecule has 3 rings (SSSR count). The van der Waals surface area contributed by atoms with Gasteiger partial charge in [0.1, 0.15) is 0 Å². The predicted octanol–water partition coefficient (Wildman–Crippen LogP) is 0.906. The van der Waals surface area contributed by atoms with Crippen LogP contribution < -0.4 is 5.46 Å². The van der Waals surface area contributed by atoms with E-state index in [9.17, 15) is 10.0 Å². The molecule has 1 heterocycles. The smallest absolute Gasteiger partial charge is 0.423 e. The van der Waals surface area contributed by atoms with Crippen molar-refractivity contribution < 1.29 is 10.0 Å². The second-order valence-corrected chi connectivity index (χ2v) is 5.17. The van der Waals surface area contributed by atoms with E-state index in [1.54, 1.807) is 6.07 Å². The third-order valence-corrected chi connectivity index (χ3v) is 3.87. The van der Waals surface area contributed by atoms with Gasteiger partial charge < -0.3 is 10.0 Å². The van der Waals surface area contributed by atoms with Crippen LogP contribution in [-0.4, -0.2) is 26.9 Å². The molecule has 0 aliphatic heterocycles. The monoisotopic (exact) mass is 244 g/mol. The van der Waals surface area contributed by atoms with E-state index in [2.05, 4.69) is 5.10 Å². The summed E-state index contributed by atoms with van der Waals surface area (Å²) in [7, 11) is -1.41. The summed E-state index contributed by atoms with van der Waals surface area (Å²) in [6.07, 6.45) is 7.06. The van der Waals surface area contributed by atoms with Gasteiger partial charge in [-0.1, -0.05) is 25.0 Å². The Morgan fingerprint density at radius 1 is 1.28 bits per heavy atom. The van der Waals surface area contributed by atoms with Gasteiger partial charge in [-0.2, -0.15) is 5.10 Å². The van der Waals surface area contributed by atoms with E-state index in [0.717, 1.165) is 23.4 Å². The molecule has 0 radical (unpaired) electrons. The first-order chi connectivity index (χ1) is 8.74. The summed E-state index contributed by atoms with van der Waals surface area (Å²) in [5, 5.41) is 23.9. The zero-order valence-corrected chi connectivity index (χ0v) is 10.3. The van der Waals surface area contributed by atoms with E-state index in [0.29, 0.717) is 5.46 Å². The minimum Gasteiger partial charge on any atom is -0.423 e. The van der Waals surface area contributed by atoms with Crippen molar-refractivity contribution in [3.63, 3.8) is 0 Å². The molecule has 1 aromatic heterocycles. The third kappa shape index (κ3) is 2.16. The standard InChI is InChI=1S/C13H17BN2O2/c17-14(18)12-6-5-11-8-15-16(13(11)7-12)9-10-3-1-2-4-10/h5-8,10,17-18H,1-4,9H2. The van der Waals surface area contributed by atoms with Crippen molar-refractivity contribution in [3.8, 4) is 0 Å². The molecule has 1 aromatic carbocycles. The second-order valence-electron chi connectivity index (χ2n) is 5.17. The maximum Gasteiger partial charge on any atom is 0.488 e. The highest BCUT2D eigenvalue weighted by Crippen LogP contribution is 2.27. The summed E-state index contributed by atoms with van der Waals surface area (Å²) in [6.45, 7) is 0.939. The van der Waals surface area contributed by atoms with E-state index >= 15 is 0 Å². The van der Waals surface area contributed by atoms with Crippen LogP contribution in [-0.2, 0) is 6.54 Å². The average molecular weight is 244 g/mol. The Morgan fingerprint density at radius 3 is 2.78 bits per heavy atom. The lowest BCUT2D eigenvalue weighted by atomic mass is 9.80. The molecule has 0 spiro atoms. The normalized spacial score (nSPS) is 16.6. The Morgan fingerprint density at radius 2 is 2.06 bits per heavy atom. The van der Waals surface area contributed by atoms with Crippen LogP contribution in [0.5, 0.6) is 0 Å². The molecule has 94 valence electrons. The molecular weight excluding hydrogens is 227 g/mol. The zero-order valence-electron chi connectivity index (χ0n) is 10.3. The van der Waals surface area contributed by atoms with Gasteiger partial charge in [0, 0.05) is 11.9 Å². The van der Waals surface area contributed by atoms with Crippen molar-refractivity contribution in [1.82, 2.24) is 9.78 Å². The third-order valence-electron chi connectivity index (χ3n) is 3.87. The largest absolute Gasteiger partial charge is 0.488 e. The number of hydrogen-bond acceptors (Lipinski definition) is 3. The summed E-state index contributed by atoms with van der Waals surface area (Å²) in [5.74, 6) is 0.718. The lowest BCUT2D eigenvalue weighted by Gasteiger charge is -2.10. The SMILES string of the molecule is OB(O)c1ccc2cnn(CC3CCCC3)c2c1. The van der Waals surface area contributed by atoms with Crippen molar-refractivity contribution in [2.75, 3.05) is 0 Å². The van der Waals surface area contributed by atoms with Crippen LogP contribution in [0.3, 0.4) is 0 Å². The maximum absolute atomic E-state index is 9.22. The van der Waals surface area contributed by atoms with Crippen LogP contribution in [0.2, 0.25) is 0 Å². The topological polar surface area (TPSA) is 58.3 Å². The molecule has 2 N–H and O–H groups in total. The van der Waals surface area contributed by atoms with Gasteiger partial charge in [-0.3, -0.25) is 4.68 Å². The van der Waals surface area contributed by atoms with Crippen molar-refractivity contribution in [1.29, 1.82) is 0 Å². The maximum atomic E-state index is 9.22. The summed E-state index contributed by atoms with van der Waals surface area (Å²) in [5.41, 5.74) is 1.52. The van der Waals surface area contributed by atoms with Crippen LogP contribution in [0.1, 0.15) is 25.7 Å². The van der Waals surface area contributed by atoms with Gasteiger partial charge in [0.25, 0.3) is 0 Å². The molecule has 1 saturated carbocycles. The number of rotatable bonds is 3. The quantitative estimate of drug-likeness (QED) is 0.789. The molecule has 0 unspecified atom stereocenters. The first-order valence-electron chi connectivity index (χ1n) is 6.55. The van der Waals surface area contributed by atoms with Gasteiger partial charge in [0.05, 0.1) is 11.7 Å². The van der Waals surface area contributed by atoms with Gasteiger partial charge in [0.15, 0.2) is 0 Å². The Bertz CT molecular complexity index is 547. The van der Waals surface area contributed by atoms with Crippen molar-refractivity contribution in [2.24, 2.45) is 5.92 Å². The molecule has 18 heavy (non-hydrogen) atoms. The lowest BCUT2D eigenvalue weighted by Crippen LogP contribution is -2.29. The van der Waals surface area contributed by atoms with Crippen LogP contribution in [0.25, 0.3) is 10.9 Å². The molecular formula is C13H17BN2O2. The van der Waals surface area contributed by atoms with Gasteiger partial charge in [0.2, 0.25) is 0 Å². The van der Waals surface area contributed by atoms with E-state index in [1.165, 1.54) is 25.7 Å². The fourth-order valence-electron chi connectivity index (χ4n) is 2.83. The number of benzene rings is 1. The molecule has 0 atom stereocenters. The molecule has 0 amide bonds. The first-order valence-corrected chi connectivity index (χ1v) is 6.55. The average Bonchev–Trinajstić information content (AvgIpc) is 2.99. The molecule has 1 aliphatic carbocycles. The number of aromatic nitrogens is 2. The molecule has 5 heteroatoms. The number of fused-ring (bicyclic) bond motifs is 1. The number of nitrogens with zero attached hydrogens (tertiary/aromatic N) is 2. The predicted molar refractivity (Wildman–Crippen MR) is 71.5 cm³/mol. The molecule has 0 bridgehead atoms. The number of hydrogen-bond donors (Lipinski definition) is 2. The zero-order chi connectivity index (χ0) is 12.5. The fraction of sp³-hybridized carbons (Fsp3) is 0.462. The summed E-state index contributed by atoms with van der Waals surface area (Å²) in [6, 6.07) is 5.44. The van der Waals surface area contributed by atoms with E-state index in [4.69, 9.17) is 0 Å². The van der Waals surface area contributed by atoms with Crippen molar-refractivity contribution >= 4 is 23.5 Å². The van der Waals surface area contributed by atoms with Gasteiger partial charge in [-0.25, -0.2) is 0 Å². The molecule has 4 nitrogen and oxygen atoms in total. The van der Waals surface area contributed by atoms with Crippen LogP contribution in [0, 0.1) is 5.92 Å². The molecule has 0 saturated heterocycles. The van der Waals surface area contributed by atoms with Crippen molar-refractivity contribution in [2.45, 2.75) is 32.2 Å². The van der Waals surface area contributed by atoms with E-state index in [1.807, 2.05) is 23.0 Å². The van der Waals surface area contributed by atoms with E-state index in [-0.39, 0.29) is 0 Å². The highest BCUT2D eigenvalue weighted by molar-refractivity contribution is 6.58. The first kappa shape index (κ1) is 11.7. The Labute approximate surface area is 106 Å². The van der Waals surface area contributed by atoms with Crippen LogP contribution >= 0.6 is 0 Å². The molecule has 1 fully saturated rings. The van der Waals surface area contributed by atoms with Gasteiger partial charge in [-0.15, -0.1) is 0 Å². The van der Waals surface area contributed by atoms with Crippen molar-refractivity contribution in [3.05, 3.63) is 24.4 Å². The van der Waals surface area contributed by atoms with Crippen LogP contribution in [0.15, 0.2) is 24.4 Å². The molecule has 1 aliphatic rings. The lowest BCUT2D eigenvalue weighted by molar-refractivity contribution is 0.425. The fourth-order valence-corrected chi connectivity index (χ4v) is 2.83. The second kappa shape index (κ2) is 4.74. The summed E-state index contributed by atoms with van der Waals surface area (Å²) in [4.78, 5) is 0. The summed E-state index contributed by atoms with van der Waals surface area (Å²) >= 11 is 0. The Balaban J connectivity index is 1.93. The highest BCUT2D eigenvalue weighted by atomic mass is 16.4. The minimum absolute atomic E-state index is 0.524. The summed E-state index contributed by atoms with van der Waals surface area (Å²) < 4.78 is 2.00. The minimum atomic E-state index is -1.41. The molecule has 2 aromatic rings.